The quantitative estimate of drug-likeness (QED) is 0.102. The van der Waals surface area contributed by atoms with Gasteiger partial charge in [-0.3, -0.25) is 19.2 Å². The van der Waals surface area contributed by atoms with Crippen molar-refractivity contribution >= 4 is 47.4 Å². The fourth-order valence-electron chi connectivity index (χ4n) is 6.24. The van der Waals surface area contributed by atoms with E-state index in [9.17, 15) is 28.8 Å². The second-order valence-electron chi connectivity index (χ2n) is 17.1. The molecule has 2 heterocycles. The zero-order valence-electron chi connectivity index (χ0n) is 35.8. The number of halogens is 1. The topological polar surface area (TPSA) is 197 Å². The van der Waals surface area contributed by atoms with Gasteiger partial charge in [0.2, 0.25) is 11.8 Å². The van der Waals surface area contributed by atoms with Crippen LogP contribution in [0, 0.1) is 17.3 Å². The van der Waals surface area contributed by atoms with Gasteiger partial charge >= 0.3 is 24.0 Å². The summed E-state index contributed by atoms with van der Waals surface area (Å²) >= 11 is 6.35. The fourth-order valence-corrected chi connectivity index (χ4v) is 6.52. The van der Waals surface area contributed by atoms with E-state index in [0.29, 0.717) is 21.9 Å². The van der Waals surface area contributed by atoms with Crippen molar-refractivity contribution in [2.24, 2.45) is 17.3 Å². The lowest BCUT2D eigenvalue weighted by atomic mass is 9.93. The van der Waals surface area contributed by atoms with Gasteiger partial charge in [0.1, 0.15) is 42.8 Å². The van der Waals surface area contributed by atoms with E-state index in [1.54, 1.807) is 77.1 Å². The first kappa shape index (κ1) is 47.5. The van der Waals surface area contributed by atoms with Crippen LogP contribution in [0.2, 0.25) is 5.02 Å². The second kappa shape index (κ2) is 20.9. The van der Waals surface area contributed by atoms with Crippen LogP contribution in [0.25, 0.3) is 0 Å². The molecule has 2 aromatic rings. The Morgan fingerprint density at radius 2 is 1.68 bits per heavy atom. The summed E-state index contributed by atoms with van der Waals surface area (Å²) in [4.78, 5) is 78.3. The normalized spacial score (nSPS) is 23.0. The standard InChI is InChI=1S/C44H58ClN3O12/c1-25(2)19-34-40(52)57-32(26(3)37-38(59-37)29-16-13-27(14-17-29)23-56-36(50)22-46-42(54)60-43(4,5)6)11-10-12-35(49)48-31(21-28-15-18-33(55-9)30(45)20-28)39(51)47-24-44(7,8)41(53)58-34/h10-11,13-18,20,25-26,31-32,34,37-38H,12,19,21-24H2,1-9H3,(H,46,54)(H,47,51)(H,48,49)/t26-,31+,32?,34-,37?,38?/m0/s1. The van der Waals surface area contributed by atoms with Gasteiger partial charge in [0.25, 0.3) is 0 Å². The fraction of sp³-hybridized carbons (Fsp3) is 0.545. The van der Waals surface area contributed by atoms with Crippen molar-refractivity contribution < 1.29 is 57.2 Å². The first-order valence-electron chi connectivity index (χ1n) is 20.0. The predicted octanol–water partition coefficient (Wildman–Crippen LogP) is 5.69. The van der Waals surface area contributed by atoms with Crippen LogP contribution in [-0.4, -0.2) is 86.0 Å². The van der Waals surface area contributed by atoms with Crippen molar-refractivity contribution in [1.29, 1.82) is 0 Å². The van der Waals surface area contributed by atoms with E-state index in [1.165, 1.54) is 7.11 Å². The summed E-state index contributed by atoms with van der Waals surface area (Å²) in [5, 5.41) is 8.27. The first-order valence-corrected chi connectivity index (χ1v) is 20.4. The number of hydrogen-bond donors (Lipinski definition) is 3. The number of epoxide rings is 1. The van der Waals surface area contributed by atoms with Crippen molar-refractivity contribution in [2.45, 2.75) is 117 Å². The Morgan fingerprint density at radius 1 is 1.00 bits per heavy atom. The molecule has 3 amide bonds. The largest absolute Gasteiger partial charge is 0.495 e. The number of cyclic esters (lactones) is 2. The summed E-state index contributed by atoms with van der Waals surface area (Å²) in [5.41, 5.74) is 0.272. The average molecular weight is 856 g/mol. The Labute approximate surface area is 356 Å². The van der Waals surface area contributed by atoms with E-state index in [0.717, 1.165) is 5.56 Å². The van der Waals surface area contributed by atoms with Crippen LogP contribution in [0.4, 0.5) is 4.79 Å². The first-order chi connectivity index (χ1) is 28.1. The molecule has 2 aliphatic heterocycles. The van der Waals surface area contributed by atoms with Crippen LogP contribution in [0.5, 0.6) is 5.75 Å². The highest BCUT2D eigenvalue weighted by atomic mass is 35.5. The molecule has 15 nitrogen and oxygen atoms in total. The van der Waals surface area contributed by atoms with Gasteiger partial charge in [0.15, 0.2) is 6.10 Å². The monoisotopic (exact) mass is 855 g/mol. The number of carbonyl (C=O) groups excluding carboxylic acids is 6. The van der Waals surface area contributed by atoms with E-state index in [2.05, 4.69) is 16.0 Å². The lowest BCUT2D eigenvalue weighted by molar-refractivity contribution is -0.177. The minimum atomic E-state index is -1.25. The number of ether oxygens (including phenoxy) is 6. The SMILES string of the molecule is COc1ccc(C[C@H]2NC(=O)CC=CC([C@H](C)C3OC3c3ccc(COC(=O)CNC(=O)OC(C)(C)C)cc3)OC(=O)[C@H](CC(C)C)OC(=O)C(C)(C)CNC2=O)cc1Cl. The third kappa shape index (κ3) is 14.5. The Bertz CT molecular complexity index is 1890. The molecule has 3 unspecified atom stereocenters. The molecule has 60 heavy (non-hydrogen) atoms. The smallest absolute Gasteiger partial charge is 0.408 e. The maximum Gasteiger partial charge on any atom is 0.408 e. The number of methoxy groups -OCH3 is 1. The molecule has 6 atom stereocenters. The number of benzene rings is 2. The summed E-state index contributed by atoms with van der Waals surface area (Å²) in [7, 11) is 1.49. The van der Waals surface area contributed by atoms with E-state index in [1.807, 2.05) is 32.9 Å². The number of alkyl carbamates (subject to hydrolysis) is 1. The van der Waals surface area contributed by atoms with Crippen molar-refractivity contribution in [3.8, 4) is 5.75 Å². The minimum Gasteiger partial charge on any atom is -0.495 e. The van der Waals surface area contributed by atoms with Crippen molar-refractivity contribution in [3.63, 3.8) is 0 Å². The van der Waals surface area contributed by atoms with E-state index in [-0.39, 0.29) is 57.1 Å². The number of amides is 3. The number of rotatable bonds is 12. The number of esters is 3. The van der Waals surface area contributed by atoms with E-state index in [4.69, 9.17) is 40.0 Å². The Hall–Kier alpha value is -5.15. The molecule has 2 aliphatic rings. The highest BCUT2D eigenvalue weighted by Gasteiger charge is 2.47. The summed E-state index contributed by atoms with van der Waals surface area (Å²) in [6.07, 6.45) is -0.239. The molecule has 0 aliphatic carbocycles. The molecule has 0 bridgehead atoms. The molecule has 328 valence electrons. The highest BCUT2D eigenvalue weighted by molar-refractivity contribution is 6.32. The molecule has 0 aromatic heterocycles. The summed E-state index contributed by atoms with van der Waals surface area (Å²) in [6.45, 7) is 13.5. The Morgan fingerprint density at radius 3 is 2.32 bits per heavy atom. The molecule has 4 rings (SSSR count). The van der Waals surface area contributed by atoms with Gasteiger partial charge in [-0.25, -0.2) is 9.59 Å². The zero-order chi connectivity index (χ0) is 44.4. The molecular formula is C44H58ClN3O12. The van der Waals surface area contributed by atoms with Gasteiger partial charge in [-0.15, -0.1) is 0 Å². The molecular weight excluding hydrogens is 798 g/mol. The summed E-state index contributed by atoms with van der Waals surface area (Å²) < 4.78 is 33.6. The molecule has 0 saturated carbocycles. The van der Waals surface area contributed by atoms with Gasteiger partial charge in [-0.2, -0.15) is 0 Å². The molecule has 3 N–H and O–H groups in total. The molecule has 0 radical (unpaired) electrons. The third-order valence-corrected chi connectivity index (χ3v) is 9.99. The van der Waals surface area contributed by atoms with Crippen LogP contribution in [0.1, 0.15) is 91.0 Å². The maximum absolute atomic E-state index is 13.8. The van der Waals surface area contributed by atoms with Crippen LogP contribution in [-0.2, 0) is 60.7 Å². The van der Waals surface area contributed by atoms with Crippen LogP contribution < -0.4 is 20.7 Å². The van der Waals surface area contributed by atoms with Crippen LogP contribution in [0.3, 0.4) is 0 Å². The van der Waals surface area contributed by atoms with Gasteiger partial charge in [-0.05, 0) is 81.9 Å². The summed E-state index contributed by atoms with van der Waals surface area (Å²) in [6, 6.07) is 11.3. The van der Waals surface area contributed by atoms with E-state index < -0.39 is 71.0 Å². The Balaban J connectivity index is 1.49. The maximum atomic E-state index is 13.8. The number of hydrogen-bond acceptors (Lipinski definition) is 12. The molecule has 1 fully saturated rings. The predicted molar refractivity (Wildman–Crippen MR) is 221 cm³/mol. The van der Waals surface area contributed by atoms with Gasteiger partial charge in [-0.1, -0.05) is 68.8 Å². The van der Waals surface area contributed by atoms with Gasteiger partial charge in [0, 0.05) is 25.3 Å². The van der Waals surface area contributed by atoms with Crippen molar-refractivity contribution in [1.82, 2.24) is 16.0 Å². The third-order valence-electron chi connectivity index (χ3n) is 9.69. The summed E-state index contributed by atoms with van der Waals surface area (Å²) in [5.74, 6) is -3.05. The lowest BCUT2D eigenvalue weighted by Gasteiger charge is -2.29. The average Bonchev–Trinajstić information content (AvgIpc) is 3.97. The van der Waals surface area contributed by atoms with Crippen LogP contribution in [0.15, 0.2) is 54.6 Å². The molecule has 1 saturated heterocycles. The number of nitrogens with one attached hydrogen (secondary N) is 3. The molecule has 0 spiro atoms. The lowest BCUT2D eigenvalue weighted by Crippen LogP contribution is -2.51. The second-order valence-corrected chi connectivity index (χ2v) is 17.5. The minimum absolute atomic E-state index is 0.0165. The molecule has 2 aromatic carbocycles. The highest BCUT2D eigenvalue weighted by Crippen LogP contribution is 2.45. The van der Waals surface area contributed by atoms with Crippen molar-refractivity contribution in [2.75, 3.05) is 20.2 Å². The molecule has 16 heteroatoms. The van der Waals surface area contributed by atoms with Crippen LogP contribution >= 0.6 is 11.6 Å². The van der Waals surface area contributed by atoms with E-state index >= 15 is 0 Å². The van der Waals surface area contributed by atoms with Crippen molar-refractivity contribution in [3.05, 3.63) is 76.3 Å². The number of carbonyl (C=O) groups is 6. The Kier molecular flexibility index (Phi) is 16.5. The van der Waals surface area contributed by atoms with Gasteiger partial charge in [0.05, 0.1) is 23.7 Å². The zero-order valence-corrected chi connectivity index (χ0v) is 36.5. The van der Waals surface area contributed by atoms with Gasteiger partial charge < -0.3 is 44.4 Å².